The quantitative estimate of drug-likeness (QED) is 0.785. The average Bonchev–Trinajstić information content (AvgIpc) is 2.90. The summed E-state index contributed by atoms with van der Waals surface area (Å²) >= 11 is 1.78. The Balaban J connectivity index is 2.03. The Kier molecular flexibility index (Phi) is 6.12. The van der Waals surface area contributed by atoms with E-state index in [0.717, 1.165) is 31.6 Å². The molecule has 0 saturated heterocycles. The highest BCUT2D eigenvalue weighted by atomic mass is 32.1. The summed E-state index contributed by atoms with van der Waals surface area (Å²) in [6, 6.07) is 11.2. The van der Waals surface area contributed by atoms with Crippen LogP contribution in [0.1, 0.15) is 32.1 Å². The normalized spacial score (nSPS) is 11.0. The molecule has 22 heavy (non-hydrogen) atoms. The van der Waals surface area contributed by atoms with Crippen LogP contribution in [0, 0.1) is 6.92 Å². The van der Waals surface area contributed by atoms with Crippen LogP contribution < -0.4 is 0 Å². The van der Waals surface area contributed by atoms with Crippen molar-refractivity contribution in [1.82, 2.24) is 4.90 Å². The molecule has 118 valence electrons. The first-order valence-electron chi connectivity index (χ1n) is 7.29. The molecule has 0 unspecified atom stereocenters. The second-order valence-corrected chi connectivity index (χ2v) is 6.67. The van der Waals surface area contributed by atoms with Crippen LogP contribution in [0.2, 0.25) is 0 Å². The molecular formula is C17H21NO3S. The van der Waals surface area contributed by atoms with Gasteiger partial charge in [-0.2, -0.15) is 0 Å². The van der Waals surface area contributed by atoms with Gasteiger partial charge in [0.2, 0.25) is 0 Å². The Bertz CT molecular complexity index is 607. The fraction of sp³-hybridized carbons (Fsp3) is 0.353. The number of carboxylic acid groups (broad SMARTS) is 1. The van der Waals surface area contributed by atoms with E-state index in [4.69, 9.17) is 10.2 Å². The first-order valence-corrected chi connectivity index (χ1v) is 8.11. The van der Waals surface area contributed by atoms with Gasteiger partial charge >= 0.3 is 5.97 Å². The van der Waals surface area contributed by atoms with Crippen LogP contribution in [0.4, 0.5) is 0 Å². The van der Waals surface area contributed by atoms with Gasteiger partial charge in [0.1, 0.15) is 0 Å². The van der Waals surface area contributed by atoms with Crippen LogP contribution in [0.15, 0.2) is 36.4 Å². The van der Waals surface area contributed by atoms with E-state index in [0.29, 0.717) is 5.56 Å². The number of carbonyl (C=O) groups is 1. The van der Waals surface area contributed by atoms with Gasteiger partial charge in [-0.05, 0) is 43.2 Å². The molecule has 0 radical (unpaired) electrons. The fourth-order valence-corrected chi connectivity index (χ4v) is 3.24. The smallest absolute Gasteiger partial charge is 0.335 e. The van der Waals surface area contributed by atoms with Gasteiger partial charge in [-0.25, -0.2) is 4.79 Å². The van der Waals surface area contributed by atoms with Crippen molar-refractivity contribution in [2.75, 3.05) is 13.2 Å². The molecule has 0 aliphatic heterocycles. The topological polar surface area (TPSA) is 60.8 Å². The van der Waals surface area contributed by atoms with Crippen LogP contribution in [0.3, 0.4) is 0 Å². The minimum Gasteiger partial charge on any atom is -0.478 e. The van der Waals surface area contributed by atoms with Crippen molar-refractivity contribution in [2.24, 2.45) is 0 Å². The zero-order valence-corrected chi connectivity index (χ0v) is 13.5. The fourth-order valence-electron chi connectivity index (χ4n) is 2.31. The van der Waals surface area contributed by atoms with Gasteiger partial charge in [0, 0.05) is 36.0 Å². The number of thiophene rings is 1. The van der Waals surface area contributed by atoms with Gasteiger partial charge in [-0.15, -0.1) is 11.3 Å². The molecule has 0 aliphatic carbocycles. The minimum absolute atomic E-state index is 0.178. The molecule has 2 aromatic rings. The van der Waals surface area contributed by atoms with Crippen molar-refractivity contribution >= 4 is 17.3 Å². The van der Waals surface area contributed by atoms with E-state index in [-0.39, 0.29) is 6.61 Å². The third kappa shape index (κ3) is 4.94. The summed E-state index contributed by atoms with van der Waals surface area (Å²) in [6.45, 7) is 4.68. The molecule has 5 heteroatoms. The summed E-state index contributed by atoms with van der Waals surface area (Å²) in [4.78, 5) is 15.8. The maximum absolute atomic E-state index is 10.9. The molecule has 2 N–H and O–H groups in total. The lowest BCUT2D eigenvalue weighted by Crippen LogP contribution is -2.24. The SMILES string of the molecule is Cc1ccc(CN(CCCO)Cc2ccc(C(=O)O)cc2)s1. The number of carboxylic acids is 1. The van der Waals surface area contributed by atoms with E-state index in [1.165, 1.54) is 9.75 Å². The third-order valence-electron chi connectivity index (χ3n) is 3.41. The number of aromatic carboxylic acids is 1. The van der Waals surface area contributed by atoms with Crippen molar-refractivity contribution in [3.8, 4) is 0 Å². The van der Waals surface area contributed by atoms with Crippen molar-refractivity contribution < 1.29 is 15.0 Å². The summed E-state index contributed by atoms with van der Waals surface area (Å²) in [6.07, 6.45) is 0.734. The van der Waals surface area contributed by atoms with Crippen LogP contribution in [-0.2, 0) is 13.1 Å². The van der Waals surface area contributed by atoms with Crippen LogP contribution in [0.25, 0.3) is 0 Å². The summed E-state index contributed by atoms with van der Waals surface area (Å²) < 4.78 is 0. The highest BCUT2D eigenvalue weighted by Crippen LogP contribution is 2.19. The molecular weight excluding hydrogens is 298 g/mol. The lowest BCUT2D eigenvalue weighted by atomic mass is 10.1. The molecule has 1 aromatic carbocycles. The Morgan fingerprint density at radius 1 is 1.14 bits per heavy atom. The van der Waals surface area contributed by atoms with E-state index < -0.39 is 5.97 Å². The van der Waals surface area contributed by atoms with Crippen molar-refractivity contribution in [3.05, 3.63) is 57.3 Å². The zero-order valence-electron chi connectivity index (χ0n) is 12.7. The van der Waals surface area contributed by atoms with Crippen LogP contribution >= 0.6 is 11.3 Å². The molecule has 2 rings (SSSR count). The number of aliphatic hydroxyl groups excluding tert-OH is 1. The van der Waals surface area contributed by atoms with Crippen molar-refractivity contribution in [1.29, 1.82) is 0 Å². The Labute approximate surface area is 134 Å². The minimum atomic E-state index is -0.905. The Morgan fingerprint density at radius 3 is 2.41 bits per heavy atom. The third-order valence-corrected chi connectivity index (χ3v) is 4.40. The van der Waals surface area contributed by atoms with Gasteiger partial charge in [0.05, 0.1) is 5.56 Å². The zero-order chi connectivity index (χ0) is 15.9. The molecule has 0 spiro atoms. The highest BCUT2D eigenvalue weighted by molar-refractivity contribution is 7.11. The molecule has 0 bridgehead atoms. The number of nitrogens with zero attached hydrogens (tertiary/aromatic N) is 1. The molecule has 0 amide bonds. The second-order valence-electron chi connectivity index (χ2n) is 5.30. The molecule has 1 heterocycles. The summed E-state index contributed by atoms with van der Waals surface area (Å²) in [5.74, 6) is -0.905. The number of hydrogen-bond donors (Lipinski definition) is 2. The molecule has 1 aromatic heterocycles. The maximum Gasteiger partial charge on any atom is 0.335 e. The largest absolute Gasteiger partial charge is 0.478 e. The number of aryl methyl sites for hydroxylation is 1. The van der Waals surface area contributed by atoms with Gasteiger partial charge in [-0.1, -0.05) is 12.1 Å². The molecule has 4 nitrogen and oxygen atoms in total. The number of hydrogen-bond acceptors (Lipinski definition) is 4. The van der Waals surface area contributed by atoms with E-state index in [1.54, 1.807) is 23.5 Å². The van der Waals surface area contributed by atoms with Crippen molar-refractivity contribution in [2.45, 2.75) is 26.4 Å². The predicted molar refractivity (Wildman–Crippen MR) is 88.3 cm³/mol. The first-order chi connectivity index (χ1) is 10.6. The summed E-state index contributed by atoms with van der Waals surface area (Å²) in [7, 11) is 0. The predicted octanol–water partition coefficient (Wildman–Crippen LogP) is 3.14. The number of aliphatic hydroxyl groups is 1. The number of benzene rings is 1. The van der Waals surface area contributed by atoms with E-state index in [2.05, 4.69) is 24.0 Å². The molecule has 0 atom stereocenters. The molecule has 0 fully saturated rings. The lowest BCUT2D eigenvalue weighted by Gasteiger charge is -2.21. The first kappa shape index (κ1) is 16.7. The Hall–Kier alpha value is -1.69. The van der Waals surface area contributed by atoms with Gasteiger partial charge < -0.3 is 10.2 Å². The second kappa shape index (κ2) is 8.08. The highest BCUT2D eigenvalue weighted by Gasteiger charge is 2.09. The van der Waals surface area contributed by atoms with Crippen LogP contribution in [-0.4, -0.2) is 34.2 Å². The molecule has 0 saturated carbocycles. The van der Waals surface area contributed by atoms with E-state index in [1.807, 2.05) is 12.1 Å². The Morgan fingerprint density at radius 2 is 1.86 bits per heavy atom. The number of rotatable bonds is 8. The van der Waals surface area contributed by atoms with Gasteiger partial charge in [0.25, 0.3) is 0 Å². The standard InChI is InChI=1S/C17H21NO3S/c1-13-3-8-16(22-13)12-18(9-2-10-19)11-14-4-6-15(7-5-14)17(20)21/h3-8,19H,2,9-12H2,1H3,(H,20,21). The van der Waals surface area contributed by atoms with E-state index >= 15 is 0 Å². The lowest BCUT2D eigenvalue weighted by molar-refractivity contribution is 0.0697. The molecule has 0 aliphatic rings. The van der Waals surface area contributed by atoms with Gasteiger partial charge in [-0.3, -0.25) is 4.90 Å². The maximum atomic E-state index is 10.9. The van der Waals surface area contributed by atoms with E-state index in [9.17, 15) is 4.79 Å². The monoisotopic (exact) mass is 319 g/mol. The van der Waals surface area contributed by atoms with Gasteiger partial charge in [0.15, 0.2) is 0 Å². The summed E-state index contributed by atoms with van der Waals surface area (Å²) in [5.41, 5.74) is 1.38. The average molecular weight is 319 g/mol. The summed E-state index contributed by atoms with van der Waals surface area (Å²) in [5, 5.41) is 18.0. The van der Waals surface area contributed by atoms with Crippen LogP contribution in [0.5, 0.6) is 0 Å². The van der Waals surface area contributed by atoms with Crippen molar-refractivity contribution in [3.63, 3.8) is 0 Å².